The molecule has 1 aromatic heterocycles. The average Bonchev–Trinajstić information content (AvgIpc) is 2.96. The van der Waals surface area contributed by atoms with Crippen molar-refractivity contribution in [2.24, 2.45) is 0 Å². The van der Waals surface area contributed by atoms with E-state index in [0.29, 0.717) is 13.0 Å². The highest BCUT2D eigenvalue weighted by Gasteiger charge is 2.11. The summed E-state index contributed by atoms with van der Waals surface area (Å²) >= 11 is 1.58. The Morgan fingerprint density at radius 2 is 1.95 bits per heavy atom. The predicted molar refractivity (Wildman–Crippen MR) is 83.1 cm³/mol. The molecule has 5 heteroatoms. The van der Waals surface area contributed by atoms with Crippen LogP contribution in [0.15, 0.2) is 42.5 Å². The second kappa shape index (κ2) is 7.93. The highest BCUT2D eigenvalue weighted by molar-refractivity contribution is 7.12. The molecule has 112 valence electrons. The van der Waals surface area contributed by atoms with Crippen molar-refractivity contribution in [1.82, 2.24) is 5.32 Å². The van der Waals surface area contributed by atoms with Crippen LogP contribution < -0.4 is 5.32 Å². The van der Waals surface area contributed by atoms with E-state index in [2.05, 4.69) is 10.1 Å². The molecule has 2 aromatic rings. The third kappa shape index (κ3) is 4.67. The summed E-state index contributed by atoms with van der Waals surface area (Å²) < 4.78 is 4.66. The first-order chi connectivity index (χ1) is 10.2. The largest absolute Gasteiger partial charge is 0.469 e. The van der Waals surface area contributed by atoms with Crippen molar-refractivity contribution in [2.45, 2.75) is 19.0 Å². The highest BCUT2D eigenvalue weighted by atomic mass is 32.1. The van der Waals surface area contributed by atoms with Crippen molar-refractivity contribution in [3.63, 3.8) is 0 Å². The summed E-state index contributed by atoms with van der Waals surface area (Å²) in [6, 6.07) is 13.7. The zero-order valence-electron chi connectivity index (χ0n) is 11.9. The zero-order valence-corrected chi connectivity index (χ0v) is 12.7. The number of thiophene rings is 1. The summed E-state index contributed by atoms with van der Waals surface area (Å²) in [5.41, 5.74) is 1.06. The van der Waals surface area contributed by atoms with Crippen molar-refractivity contribution < 1.29 is 14.6 Å². The van der Waals surface area contributed by atoms with E-state index >= 15 is 0 Å². The molecule has 0 saturated carbocycles. The highest BCUT2D eigenvalue weighted by Crippen LogP contribution is 2.19. The smallest absolute Gasteiger partial charge is 0.310 e. The summed E-state index contributed by atoms with van der Waals surface area (Å²) in [6.07, 6.45) is 0.309. The van der Waals surface area contributed by atoms with Gasteiger partial charge in [-0.2, -0.15) is 0 Å². The van der Waals surface area contributed by atoms with Gasteiger partial charge >= 0.3 is 5.97 Å². The minimum absolute atomic E-state index is 0.0460. The summed E-state index contributed by atoms with van der Waals surface area (Å²) in [5.74, 6) is -0.228. The van der Waals surface area contributed by atoms with Gasteiger partial charge in [0, 0.05) is 16.3 Å². The molecule has 21 heavy (non-hydrogen) atoms. The molecule has 1 unspecified atom stereocenters. The van der Waals surface area contributed by atoms with E-state index in [1.807, 2.05) is 42.5 Å². The van der Waals surface area contributed by atoms with Crippen LogP contribution in [0.4, 0.5) is 0 Å². The Morgan fingerprint density at radius 1 is 1.24 bits per heavy atom. The van der Waals surface area contributed by atoms with Gasteiger partial charge in [-0.1, -0.05) is 30.3 Å². The fourth-order valence-electron chi connectivity index (χ4n) is 2.02. The van der Waals surface area contributed by atoms with Crippen LogP contribution in [0.25, 0.3) is 0 Å². The molecule has 0 saturated heterocycles. The van der Waals surface area contributed by atoms with Crippen LogP contribution in [-0.4, -0.2) is 24.8 Å². The number of benzene rings is 1. The molecule has 2 N–H and O–H groups in total. The fourth-order valence-corrected chi connectivity index (χ4v) is 2.98. The number of aliphatic hydroxyl groups excluding tert-OH is 1. The Labute approximate surface area is 128 Å². The maximum Gasteiger partial charge on any atom is 0.310 e. The molecule has 0 bridgehead atoms. The lowest BCUT2D eigenvalue weighted by atomic mass is 10.1. The molecule has 0 aliphatic carbocycles. The molecule has 1 atom stereocenters. The number of rotatable bonds is 7. The van der Waals surface area contributed by atoms with Gasteiger partial charge in [-0.25, -0.2) is 0 Å². The van der Waals surface area contributed by atoms with Crippen LogP contribution in [0.5, 0.6) is 0 Å². The van der Waals surface area contributed by atoms with E-state index in [1.165, 1.54) is 7.11 Å². The van der Waals surface area contributed by atoms with Gasteiger partial charge in [0.1, 0.15) is 0 Å². The number of hydrogen-bond acceptors (Lipinski definition) is 5. The number of ether oxygens (including phenoxy) is 1. The van der Waals surface area contributed by atoms with Crippen LogP contribution >= 0.6 is 11.3 Å². The average molecular weight is 305 g/mol. The molecule has 0 spiro atoms. The van der Waals surface area contributed by atoms with Gasteiger partial charge in [0.15, 0.2) is 0 Å². The Balaban J connectivity index is 1.91. The van der Waals surface area contributed by atoms with Crippen molar-refractivity contribution in [2.75, 3.05) is 13.7 Å². The van der Waals surface area contributed by atoms with Gasteiger partial charge in [-0.15, -0.1) is 11.3 Å². The minimum atomic E-state index is -0.228. The second-order valence-electron chi connectivity index (χ2n) is 4.65. The minimum Gasteiger partial charge on any atom is -0.469 e. The predicted octanol–water partition coefficient (Wildman–Crippen LogP) is 2.29. The van der Waals surface area contributed by atoms with E-state index in [9.17, 15) is 9.90 Å². The maximum absolute atomic E-state index is 11.2. The van der Waals surface area contributed by atoms with E-state index in [0.717, 1.165) is 15.3 Å². The van der Waals surface area contributed by atoms with Gasteiger partial charge in [0.2, 0.25) is 0 Å². The molecule has 0 aliphatic rings. The lowest BCUT2D eigenvalue weighted by Gasteiger charge is -2.16. The van der Waals surface area contributed by atoms with Crippen LogP contribution in [0.3, 0.4) is 0 Å². The quantitative estimate of drug-likeness (QED) is 0.771. The van der Waals surface area contributed by atoms with Gasteiger partial charge in [0.05, 0.1) is 26.2 Å². The number of methoxy groups -OCH3 is 1. The molecular weight excluding hydrogens is 286 g/mol. The summed E-state index contributed by atoms with van der Waals surface area (Å²) in [5, 5.41) is 12.8. The molecule has 0 amide bonds. The summed E-state index contributed by atoms with van der Waals surface area (Å²) in [4.78, 5) is 13.3. The van der Waals surface area contributed by atoms with Crippen LogP contribution in [0.2, 0.25) is 0 Å². The third-order valence-electron chi connectivity index (χ3n) is 3.17. The maximum atomic E-state index is 11.2. The monoisotopic (exact) mass is 305 g/mol. The van der Waals surface area contributed by atoms with Crippen LogP contribution in [-0.2, 0) is 22.5 Å². The summed E-state index contributed by atoms with van der Waals surface area (Å²) in [6.45, 7) is 0.705. The van der Waals surface area contributed by atoms with Crippen molar-refractivity contribution in [3.8, 4) is 0 Å². The first-order valence-corrected chi connectivity index (χ1v) is 7.58. The molecule has 2 rings (SSSR count). The van der Waals surface area contributed by atoms with Gasteiger partial charge in [-0.05, 0) is 17.7 Å². The SMILES string of the molecule is COC(=O)Cc1ccc(CNC(CO)c2ccccc2)s1. The topological polar surface area (TPSA) is 58.6 Å². The molecule has 1 heterocycles. The van der Waals surface area contributed by atoms with Crippen LogP contribution in [0.1, 0.15) is 21.4 Å². The van der Waals surface area contributed by atoms with Crippen molar-refractivity contribution in [3.05, 3.63) is 57.8 Å². The number of carbonyl (C=O) groups is 1. The molecular formula is C16H19NO3S. The molecule has 0 radical (unpaired) electrons. The second-order valence-corrected chi connectivity index (χ2v) is 5.90. The van der Waals surface area contributed by atoms with E-state index in [1.54, 1.807) is 11.3 Å². The Hall–Kier alpha value is -1.69. The normalized spacial score (nSPS) is 12.1. The summed E-state index contributed by atoms with van der Waals surface area (Å²) in [7, 11) is 1.39. The first kappa shape index (κ1) is 15.7. The van der Waals surface area contributed by atoms with Gasteiger partial charge < -0.3 is 15.2 Å². The number of carbonyl (C=O) groups excluding carboxylic acids is 1. The van der Waals surface area contributed by atoms with E-state index in [-0.39, 0.29) is 18.6 Å². The van der Waals surface area contributed by atoms with E-state index in [4.69, 9.17) is 0 Å². The van der Waals surface area contributed by atoms with Crippen molar-refractivity contribution >= 4 is 17.3 Å². The Morgan fingerprint density at radius 3 is 2.62 bits per heavy atom. The Kier molecular flexibility index (Phi) is 5.92. The Bertz CT molecular complexity index is 568. The number of hydrogen-bond donors (Lipinski definition) is 2. The molecule has 4 nitrogen and oxygen atoms in total. The first-order valence-electron chi connectivity index (χ1n) is 6.76. The molecule has 0 fully saturated rings. The number of nitrogens with one attached hydrogen (secondary N) is 1. The van der Waals surface area contributed by atoms with Gasteiger partial charge in [0.25, 0.3) is 0 Å². The van der Waals surface area contributed by atoms with Gasteiger partial charge in [-0.3, -0.25) is 4.79 Å². The van der Waals surface area contributed by atoms with Crippen LogP contribution in [0, 0.1) is 0 Å². The lowest BCUT2D eigenvalue weighted by molar-refractivity contribution is -0.139. The number of esters is 1. The molecule has 1 aromatic carbocycles. The fraction of sp³-hybridized carbons (Fsp3) is 0.312. The standard InChI is InChI=1S/C16H19NO3S/c1-20-16(19)9-13-7-8-14(21-13)10-17-15(11-18)12-5-3-2-4-6-12/h2-8,15,17-18H,9-11H2,1H3. The third-order valence-corrected chi connectivity index (χ3v) is 4.26. The zero-order chi connectivity index (χ0) is 15.1. The number of aliphatic hydroxyl groups is 1. The van der Waals surface area contributed by atoms with Crippen molar-refractivity contribution in [1.29, 1.82) is 0 Å². The van der Waals surface area contributed by atoms with E-state index < -0.39 is 0 Å². The lowest BCUT2D eigenvalue weighted by Crippen LogP contribution is -2.23. The molecule has 0 aliphatic heterocycles.